The van der Waals surface area contributed by atoms with Gasteiger partial charge in [-0.15, -0.1) is 0 Å². The summed E-state index contributed by atoms with van der Waals surface area (Å²) in [5.41, 5.74) is 1.90. The molecule has 7 nitrogen and oxygen atoms in total. The van der Waals surface area contributed by atoms with Crippen molar-refractivity contribution in [3.8, 4) is 0 Å². The van der Waals surface area contributed by atoms with Crippen LogP contribution in [0.25, 0.3) is 0 Å². The van der Waals surface area contributed by atoms with Crippen molar-refractivity contribution in [2.45, 2.75) is 6.54 Å². The zero-order chi connectivity index (χ0) is 20.1. The molecule has 0 radical (unpaired) electrons. The van der Waals surface area contributed by atoms with Crippen molar-refractivity contribution in [1.29, 1.82) is 0 Å². The lowest BCUT2D eigenvalue weighted by Gasteiger charge is -2.38. The molecule has 2 aliphatic rings. The van der Waals surface area contributed by atoms with Crippen LogP contribution < -0.4 is 0 Å². The van der Waals surface area contributed by atoms with Crippen molar-refractivity contribution < 1.29 is 14.0 Å². The predicted molar refractivity (Wildman–Crippen MR) is 109 cm³/mol. The summed E-state index contributed by atoms with van der Waals surface area (Å²) in [6.07, 6.45) is 2.98. The molecule has 2 aliphatic heterocycles. The number of hydrogen-bond acceptors (Lipinski definition) is 5. The molecule has 1 aromatic carbocycles. The summed E-state index contributed by atoms with van der Waals surface area (Å²) < 4.78 is 4.99. The lowest BCUT2D eigenvalue weighted by atomic mass is 10.2. The molecule has 3 heterocycles. The Balaban J connectivity index is 1.18. The van der Waals surface area contributed by atoms with Crippen molar-refractivity contribution in [3.63, 3.8) is 0 Å². The summed E-state index contributed by atoms with van der Waals surface area (Å²) in [6, 6.07) is 12.2. The van der Waals surface area contributed by atoms with Gasteiger partial charge in [-0.2, -0.15) is 0 Å². The van der Waals surface area contributed by atoms with Crippen molar-refractivity contribution in [2.24, 2.45) is 0 Å². The van der Waals surface area contributed by atoms with Gasteiger partial charge in [0.1, 0.15) is 6.26 Å². The Morgan fingerprint density at radius 3 is 2.10 bits per heavy atom. The first-order valence-corrected chi connectivity index (χ1v) is 10.3. The smallest absolute Gasteiger partial charge is 0.257 e. The van der Waals surface area contributed by atoms with Crippen LogP contribution in [0.3, 0.4) is 0 Å². The Kier molecular flexibility index (Phi) is 6.27. The molecule has 0 saturated carbocycles. The van der Waals surface area contributed by atoms with Gasteiger partial charge in [-0.1, -0.05) is 30.3 Å². The molecule has 2 aromatic rings. The minimum Gasteiger partial charge on any atom is -0.472 e. The molecule has 0 aliphatic carbocycles. The third-order valence-corrected chi connectivity index (χ3v) is 5.76. The van der Waals surface area contributed by atoms with E-state index in [0.29, 0.717) is 38.3 Å². The van der Waals surface area contributed by atoms with Crippen LogP contribution >= 0.6 is 0 Å². The highest BCUT2D eigenvalue weighted by Crippen LogP contribution is 2.11. The second-order valence-corrected chi connectivity index (χ2v) is 7.72. The summed E-state index contributed by atoms with van der Waals surface area (Å²) >= 11 is 0. The molecule has 7 heteroatoms. The standard InChI is InChI=1S/C22H28N4O3/c27-21(25-11-13-26(14-12-25)22(28)20-6-15-29-18-20)17-24-9-7-23(8-10-24)16-19-4-2-1-3-5-19/h1-6,15,18H,7-14,16-17H2. The first-order valence-electron chi connectivity index (χ1n) is 10.3. The predicted octanol–water partition coefficient (Wildman–Crippen LogP) is 1.38. The maximum Gasteiger partial charge on any atom is 0.257 e. The fourth-order valence-electron chi connectivity index (χ4n) is 3.97. The first kappa shape index (κ1) is 19.7. The van der Waals surface area contributed by atoms with Crippen LogP contribution in [-0.2, 0) is 11.3 Å². The first-order chi connectivity index (χ1) is 14.2. The van der Waals surface area contributed by atoms with Crippen LogP contribution in [0.1, 0.15) is 15.9 Å². The number of piperazine rings is 2. The minimum atomic E-state index is -0.0274. The fraction of sp³-hybridized carbons (Fsp3) is 0.455. The average Bonchev–Trinajstić information content (AvgIpc) is 3.30. The van der Waals surface area contributed by atoms with Crippen LogP contribution in [0.5, 0.6) is 0 Å². The maximum absolute atomic E-state index is 12.7. The van der Waals surface area contributed by atoms with Gasteiger partial charge in [-0.3, -0.25) is 19.4 Å². The van der Waals surface area contributed by atoms with E-state index in [4.69, 9.17) is 4.42 Å². The molecule has 0 unspecified atom stereocenters. The normalized spacial score (nSPS) is 18.8. The van der Waals surface area contributed by atoms with Crippen molar-refractivity contribution >= 4 is 11.8 Å². The zero-order valence-corrected chi connectivity index (χ0v) is 16.7. The summed E-state index contributed by atoms with van der Waals surface area (Å²) in [5.74, 6) is 0.136. The second kappa shape index (κ2) is 9.24. The monoisotopic (exact) mass is 396 g/mol. The van der Waals surface area contributed by atoms with E-state index in [9.17, 15) is 9.59 Å². The van der Waals surface area contributed by atoms with E-state index >= 15 is 0 Å². The number of carbonyl (C=O) groups excluding carboxylic acids is 2. The van der Waals surface area contributed by atoms with E-state index in [1.54, 1.807) is 11.0 Å². The summed E-state index contributed by atoms with van der Waals surface area (Å²) in [6.45, 7) is 7.55. The topological polar surface area (TPSA) is 60.2 Å². The molecular formula is C22H28N4O3. The zero-order valence-electron chi connectivity index (χ0n) is 16.7. The Bertz CT molecular complexity index is 793. The van der Waals surface area contributed by atoms with E-state index in [-0.39, 0.29) is 11.8 Å². The Hall–Kier alpha value is -2.64. The summed E-state index contributed by atoms with van der Waals surface area (Å²) in [4.78, 5) is 33.4. The highest BCUT2D eigenvalue weighted by Gasteiger charge is 2.27. The SMILES string of the molecule is O=C(CN1CCN(Cc2ccccc2)CC1)N1CCN(C(=O)c2ccoc2)CC1. The van der Waals surface area contributed by atoms with Crippen LogP contribution in [0, 0.1) is 0 Å². The van der Waals surface area contributed by atoms with Gasteiger partial charge >= 0.3 is 0 Å². The minimum absolute atomic E-state index is 0.0274. The quantitative estimate of drug-likeness (QED) is 0.764. The van der Waals surface area contributed by atoms with E-state index in [1.165, 1.54) is 18.1 Å². The Morgan fingerprint density at radius 2 is 1.45 bits per heavy atom. The van der Waals surface area contributed by atoms with Gasteiger partial charge in [0.15, 0.2) is 0 Å². The number of carbonyl (C=O) groups is 2. The number of nitrogens with zero attached hydrogens (tertiary/aromatic N) is 4. The molecule has 29 heavy (non-hydrogen) atoms. The summed E-state index contributed by atoms with van der Waals surface area (Å²) in [7, 11) is 0. The summed E-state index contributed by atoms with van der Waals surface area (Å²) in [5, 5.41) is 0. The molecule has 154 valence electrons. The van der Waals surface area contributed by atoms with E-state index in [0.717, 1.165) is 32.7 Å². The maximum atomic E-state index is 12.7. The fourth-order valence-corrected chi connectivity index (χ4v) is 3.97. The van der Waals surface area contributed by atoms with Crippen molar-refractivity contribution in [2.75, 3.05) is 58.9 Å². The molecule has 0 spiro atoms. The Labute approximate surface area is 171 Å². The lowest BCUT2D eigenvalue weighted by molar-refractivity contribution is -0.134. The van der Waals surface area contributed by atoms with E-state index in [2.05, 4.69) is 34.1 Å². The van der Waals surface area contributed by atoms with Crippen LogP contribution in [0.4, 0.5) is 0 Å². The Morgan fingerprint density at radius 1 is 0.793 bits per heavy atom. The number of hydrogen-bond donors (Lipinski definition) is 0. The molecule has 2 saturated heterocycles. The molecule has 4 rings (SSSR count). The van der Waals surface area contributed by atoms with Crippen LogP contribution in [0.15, 0.2) is 53.3 Å². The van der Waals surface area contributed by atoms with Crippen molar-refractivity contribution in [1.82, 2.24) is 19.6 Å². The highest BCUT2D eigenvalue weighted by molar-refractivity contribution is 5.94. The molecule has 0 N–H and O–H groups in total. The number of rotatable bonds is 5. The average molecular weight is 396 g/mol. The third kappa shape index (κ3) is 5.05. The van der Waals surface area contributed by atoms with Gasteiger partial charge in [-0.25, -0.2) is 0 Å². The second-order valence-electron chi connectivity index (χ2n) is 7.72. The van der Waals surface area contributed by atoms with Gasteiger partial charge in [0.05, 0.1) is 18.4 Å². The van der Waals surface area contributed by atoms with Gasteiger partial charge in [0.25, 0.3) is 5.91 Å². The number of benzene rings is 1. The van der Waals surface area contributed by atoms with Crippen LogP contribution in [0.2, 0.25) is 0 Å². The van der Waals surface area contributed by atoms with Crippen LogP contribution in [-0.4, -0.2) is 90.3 Å². The molecule has 1 aromatic heterocycles. The van der Waals surface area contributed by atoms with Crippen molar-refractivity contribution in [3.05, 3.63) is 60.1 Å². The van der Waals surface area contributed by atoms with E-state index < -0.39 is 0 Å². The van der Waals surface area contributed by atoms with E-state index in [1.807, 2.05) is 11.0 Å². The van der Waals surface area contributed by atoms with Gasteiger partial charge < -0.3 is 14.2 Å². The number of amides is 2. The molecule has 0 bridgehead atoms. The largest absolute Gasteiger partial charge is 0.472 e. The molecule has 0 atom stereocenters. The molecule has 2 amide bonds. The molecular weight excluding hydrogens is 368 g/mol. The van der Waals surface area contributed by atoms with Gasteiger partial charge in [-0.05, 0) is 11.6 Å². The lowest BCUT2D eigenvalue weighted by Crippen LogP contribution is -2.54. The van der Waals surface area contributed by atoms with Gasteiger partial charge in [0.2, 0.25) is 5.91 Å². The molecule has 2 fully saturated rings. The highest BCUT2D eigenvalue weighted by atomic mass is 16.3. The number of furan rings is 1. The third-order valence-electron chi connectivity index (χ3n) is 5.76. The van der Waals surface area contributed by atoms with Gasteiger partial charge in [0, 0.05) is 58.9 Å².